The maximum Gasteiger partial charge on any atom is -0.00839 e. The van der Waals surface area contributed by atoms with Crippen LogP contribution in [0.5, 0.6) is 0 Å². The Labute approximate surface area is 90.1 Å². The Balaban J connectivity index is 4.68. The van der Waals surface area contributed by atoms with Crippen molar-refractivity contribution < 1.29 is 0 Å². The Bertz CT molecular complexity index is 192. The van der Waals surface area contributed by atoms with Crippen LogP contribution < -0.4 is 0 Å². The van der Waals surface area contributed by atoms with Crippen molar-refractivity contribution in [3.8, 4) is 0 Å². The van der Waals surface area contributed by atoms with E-state index in [1.165, 1.54) is 18.4 Å². The third-order valence-electron chi connectivity index (χ3n) is 3.29. The Morgan fingerprint density at radius 3 is 2.07 bits per heavy atom. The SMILES string of the molecule is C=C/C(=C\CC(C)C)C(C)(CC)CC. The van der Waals surface area contributed by atoms with Gasteiger partial charge in [-0.3, -0.25) is 0 Å². The predicted octanol–water partition coefficient (Wildman–Crippen LogP) is 4.97. The molecule has 0 aromatic rings. The minimum absolute atomic E-state index is 0.330. The minimum Gasteiger partial charge on any atom is -0.0988 e. The zero-order valence-electron chi connectivity index (χ0n) is 10.6. The summed E-state index contributed by atoms with van der Waals surface area (Å²) < 4.78 is 0. The summed E-state index contributed by atoms with van der Waals surface area (Å²) in [6.07, 6.45) is 7.95. The van der Waals surface area contributed by atoms with Gasteiger partial charge in [0.2, 0.25) is 0 Å². The Morgan fingerprint density at radius 2 is 1.79 bits per heavy atom. The lowest BCUT2D eigenvalue weighted by molar-refractivity contribution is 0.374. The average Bonchev–Trinajstić information content (AvgIpc) is 2.17. The van der Waals surface area contributed by atoms with Gasteiger partial charge in [0.15, 0.2) is 0 Å². The molecule has 14 heavy (non-hydrogen) atoms. The van der Waals surface area contributed by atoms with Crippen molar-refractivity contribution in [1.82, 2.24) is 0 Å². The molecule has 0 saturated carbocycles. The van der Waals surface area contributed by atoms with Crippen molar-refractivity contribution in [3.63, 3.8) is 0 Å². The van der Waals surface area contributed by atoms with Gasteiger partial charge in [0, 0.05) is 0 Å². The van der Waals surface area contributed by atoms with E-state index in [4.69, 9.17) is 0 Å². The third kappa shape index (κ3) is 3.69. The smallest absolute Gasteiger partial charge is 0.00839 e. The summed E-state index contributed by atoms with van der Waals surface area (Å²) in [5.74, 6) is 0.739. The van der Waals surface area contributed by atoms with E-state index in [-0.39, 0.29) is 0 Å². The molecule has 0 spiro atoms. The molecule has 0 radical (unpaired) electrons. The quantitative estimate of drug-likeness (QED) is 0.524. The highest BCUT2D eigenvalue weighted by molar-refractivity contribution is 5.24. The highest BCUT2D eigenvalue weighted by Crippen LogP contribution is 2.35. The molecule has 0 unspecified atom stereocenters. The van der Waals surface area contributed by atoms with Crippen LogP contribution in [0.25, 0.3) is 0 Å². The van der Waals surface area contributed by atoms with Crippen LogP contribution in [0.1, 0.15) is 53.9 Å². The second-order valence-electron chi connectivity index (χ2n) is 4.76. The van der Waals surface area contributed by atoms with Gasteiger partial charge in [0.25, 0.3) is 0 Å². The summed E-state index contributed by atoms with van der Waals surface area (Å²) in [6, 6.07) is 0. The molecule has 0 bridgehead atoms. The summed E-state index contributed by atoms with van der Waals surface area (Å²) in [6.45, 7) is 15.3. The molecule has 0 rings (SSSR count). The standard InChI is InChI=1S/C14H26/c1-7-13(11-10-12(4)5)14(6,8-2)9-3/h7,11-12H,1,8-10H2,2-6H3/b13-11+. The Kier molecular flexibility index (Phi) is 5.83. The molecule has 0 atom stereocenters. The Morgan fingerprint density at radius 1 is 1.29 bits per heavy atom. The van der Waals surface area contributed by atoms with Crippen molar-refractivity contribution in [2.75, 3.05) is 0 Å². The van der Waals surface area contributed by atoms with Crippen LogP contribution in [0.3, 0.4) is 0 Å². The van der Waals surface area contributed by atoms with Crippen LogP contribution in [-0.4, -0.2) is 0 Å². The van der Waals surface area contributed by atoms with Crippen molar-refractivity contribution in [1.29, 1.82) is 0 Å². The van der Waals surface area contributed by atoms with Crippen molar-refractivity contribution in [2.45, 2.75) is 53.9 Å². The first-order valence-electron chi connectivity index (χ1n) is 5.83. The number of rotatable bonds is 6. The summed E-state index contributed by atoms with van der Waals surface area (Å²) in [5, 5.41) is 0. The summed E-state index contributed by atoms with van der Waals surface area (Å²) in [4.78, 5) is 0. The second-order valence-corrected chi connectivity index (χ2v) is 4.76. The highest BCUT2D eigenvalue weighted by atomic mass is 14.3. The number of hydrogen-bond acceptors (Lipinski definition) is 0. The second kappa shape index (κ2) is 6.06. The van der Waals surface area contributed by atoms with Crippen molar-refractivity contribution in [2.24, 2.45) is 11.3 Å². The molecule has 0 heteroatoms. The highest BCUT2D eigenvalue weighted by Gasteiger charge is 2.22. The average molecular weight is 194 g/mol. The van der Waals surface area contributed by atoms with Crippen molar-refractivity contribution in [3.05, 3.63) is 24.3 Å². The van der Waals surface area contributed by atoms with E-state index in [2.05, 4.69) is 47.3 Å². The van der Waals surface area contributed by atoms with Gasteiger partial charge < -0.3 is 0 Å². The first kappa shape index (κ1) is 13.5. The van der Waals surface area contributed by atoms with Crippen LogP contribution in [-0.2, 0) is 0 Å². The molecule has 0 fully saturated rings. The normalized spacial score (nSPS) is 13.4. The fourth-order valence-electron chi connectivity index (χ4n) is 1.60. The first-order valence-corrected chi connectivity index (χ1v) is 5.83. The lowest BCUT2D eigenvalue weighted by atomic mass is 9.76. The largest absolute Gasteiger partial charge is 0.0988 e. The van der Waals surface area contributed by atoms with Crippen LogP contribution in [0, 0.1) is 11.3 Å². The fourth-order valence-corrected chi connectivity index (χ4v) is 1.60. The molecule has 0 aliphatic carbocycles. The molecular weight excluding hydrogens is 168 g/mol. The molecule has 0 heterocycles. The first-order chi connectivity index (χ1) is 6.50. The zero-order chi connectivity index (χ0) is 11.2. The van der Waals surface area contributed by atoms with Gasteiger partial charge in [-0.15, -0.1) is 0 Å². The van der Waals surface area contributed by atoms with Gasteiger partial charge in [-0.25, -0.2) is 0 Å². The van der Waals surface area contributed by atoms with Crippen LogP contribution in [0.4, 0.5) is 0 Å². The van der Waals surface area contributed by atoms with Gasteiger partial charge >= 0.3 is 0 Å². The monoisotopic (exact) mass is 194 g/mol. The number of allylic oxidation sites excluding steroid dienone is 3. The van der Waals surface area contributed by atoms with E-state index in [9.17, 15) is 0 Å². The van der Waals surface area contributed by atoms with Gasteiger partial charge in [0.05, 0.1) is 0 Å². The van der Waals surface area contributed by atoms with E-state index in [0.717, 1.165) is 12.3 Å². The zero-order valence-corrected chi connectivity index (χ0v) is 10.6. The van der Waals surface area contributed by atoms with Crippen LogP contribution in [0.15, 0.2) is 24.3 Å². The molecule has 0 N–H and O–H groups in total. The molecule has 0 amide bonds. The molecule has 0 saturated heterocycles. The maximum absolute atomic E-state index is 3.93. The van der Waals surface area contributed by atoms with Gasteiger partial charge in [-0.2, -0.15) is 0 Å². The van der Waals surface area contributed by atoms with E-state index in [1.54, 1.807) is 0 Å². The molecule has 0 aromatic heterocycles. The van der Waals surface area contributed by atoms with E-state index < -0.39 is 0 Å². The fraction of sp³-hybridized carbons (Fsp3) is 0.714. The maximum atomic E-state index is 3.93. The van der Waals surface area contributed by atoms with E-state index in [1.807, 2.05) is 6.08 Å². The van der Waals surface area contributed by atoms with E-state index >= 15 is 0 Å². The van der Waals surface area contributed by atoms with E-state index in [0.29, 0.717) is 5.41 Å². The van der Waals surface area contributed by atoms with Crippen LogP contribution in [0.2, 0.25) is 0 Å². The molecule has 0 nitrogen and oxygen atoms in total. The molecular formula is C14H26. The number of hydrogen-bond donors (Lipinski definition) is 0. The molecule has 0 aliphatic rings. The topological polar surface area (TPSA) is 0 Å². The molecule has 0 aliphatic heterocycles. The lowest BCUT2D eigenvalue weighted by Gasteiger charge is -2.28. The molecule has 82 valence electrons. The summed E-state index contributed by atoms with van der Waals surface area (Å²) in [5.41, 5.74) is 1.76. The van der Waals surface area contributed by atoms with Crippen molar-refractivity contribution >= 4 is 0 Å². The van der Waals surface area contributed by atoms with Gasteiger partial charge in [-0.05, 0) is 36.2 Å². The summed E-state index contributed by atoms with van der Waals surface area (Å²) in [7, 11) is 0. The third-order valence-corrected chi connectivity index (χ3v) is 3.29. The Hall–Kier alpha value is -0.520. The predicted molar refractivity (Wildman–Crippen MR) is 66.4 cm³/mol. The van der Waals surface area contributed by atoms with Gasteiger partial charge in [-0.1, -0.05) is 53.3 Å². The van der Waals surface area contributed by atoms with Crippen LogP contribution >= 0.6 is 0 Å². The molecule has 0 aromatic carbocycles. The summed E-state index contributed by atoms with van der Waals surface area (Å²) >= 11 is 0. The lowest BCUT2D eigenvalue weighted by Crippen LogP contribution is -2.16. The minimum atomic E-state index is 0.330. The van der Waals surface area contributed by atoms with Gasteiger partial charge in [0.1, 0.15) is 0 Å².